The van der Waals surface area contributed by atoms with Gasteiger partial charge in [0.2, 0.25) is 5.88 Å². The molecular weight excluding hydrogens is 278 g/mol. The lowest BCUT2D eigenvalue weighted by Crippen LogP contribution is -2.04. The van der Waals surface area contributed by atoms with Gasteiger partial charge in [-0.05, 0) is 31.4 Å². The van der Waals surface area contributed by atoms with Crippen LogP contribution in [0.25, 0.3) is 16.7 Å². The van der Waals surface area contributed by atoms with E-state index in [-0.39, 0.29) is 0 Å². The number of hydrogen-bond acceptors (Lipinski definition) is 4. The van der Waals surface area contributed by atoms with Crippen LogP contribution >= 0.6 is 0 Å². The van der Waals surface area contributed by atoms with Crippen LogP contribution in [0.5, 0.6) is 5.88 Å². The van der Waals surface area contributed by atoms with Crippen LogP contribution in [0.4, 0.5) is 0 Å². The van der Waals surface area contributed by atoms with E-state index in [2.05, 4.69) is 30.9 Å². The smallest absolute Gasteiger partial charge is 0.241 e. The molecule has 3 aromatic rings. The fourth-order valence-electron chi connectivity index (χ4n) is 3.07. The van der Waals surface area contributed by atoms with Gasteiger partial charge in [-0.15, -0.1) is 0 Å². The second-order valence-electron chi connectivity index (χ2n) is 5.88. The summed E-state index contributed by atoms with van der Waals surface area (Å²) in [5, 5.41) is 9.99. The molecule has 0 aliphatic heterocycles. The Morgan fingerprint density at radius 1 is 1.18 bits per heavy atom. The summed E-state index contributed by atoms with van der Waals surface area (Å²) in [4.78, 5) is 4.50. The summed E-state index contributed by atoms with van der Waals surface area (Å²) in [6, 6.07) is 2.03. The van der Waals surface area contributed by atoms with Gasteiger partial charge in [0, 0.05) is 24.3 Å². The quantitative estimate of drug-likeness (QED) is 0.746. The van der Waals surface area contributed by atoms with E-state index in [1.807, 2.05) is 30.9 Å². The summed E-state index contributed by atoms with van der Waals surface area (Å²) in [5.41, 5.74) is 4.95. The first-order valence-corrected chi connectivity index (χ1v) is 7.37. The predicted molar refractivity (Wildman–Crippen MR) is 85.7 cm³/mol. The van der Waals surface area contributed by atoms with Crippen molar-refractivity contribution in [3.8, 4) is 11.6 Å². The minimum Gasteiger partial charge on any atom is -0.479 e. The third-order valence-corrected chi connectivity index (χ3v) is 3.90. The van der Waals surface area contributed by atoms with Crippen LogP contribution in [0.2, 0.25) is 0 Å². The van der Waals surface area contributed by atoms with Crippen molar-refractivity contribution < 1.29 is 4.74 Å². The number of methoxy groups -OCH3 is 1. The largest absolute Gasteiger partial charge is 0.479 e. The summed E-state index contributed by atoms with van der Waals surface area (Å²) in [7, 11) is 3.50. The van der Waals surface area contributed by atoms with Gasteiger partial charge in [-0.1, -0.05) is 13.8 Å². The van der Waals surface area contributed by atoms with Gasteiger partial charge in [-0.2, -0.15) is 15.2 Å². The molecule has 3 rings (SSSR count). The normalized spacial score (nSPS) is 11.6. The molecule has 22 heavy (non-hydrogen) atoms. The summed E-state index contributed by atoms with van der Waals surface area (Å²) >= 11 is 0. The Hall–Kier alpha value is -2.37. The van der Waals surface area contributed by atoms with Crippen molar-refractivity contribution in [3.05, 3.63) is 29.2 Å². The molecule has 0 atom stereocenters. The molecule has 0 unspecified atom stereocenters. The second-order valence-corrected chi connectivity index (χ2v) is 5.88. The Morgan fingerprint density at radius 2 is 1.91 bits per heavy atom. The zero-order chi connectivity index (χ0) is 16.0. The molecule has 0 aliphatic rings. The average molecular weight is 299 g/mol. The number of aromatic nitrogens is 5. The minimum atomic E-state index is 0.426. The van der Waals surface area contributed by atoms with Gasteiger partial charge in [0.25, 0.3) is 0 Å². The van der Waals surface area contributed by atoms with Crippen molar-refractivity contribution in [2.75, 3.05) is 7.11 Å². The van der Waals surface area contributed by atoms with Crippen LogP contribution in [0.15, 0.2) is 12.3 Å². The molecule has 116 valence electrons. The van der Waals surface area contributed by atoms with E-state index >= 15 is 0 Å². The van der Waals surface area contributed by atoms with Crippen LogP contribution in [-0.2, 0) is 7.05 Å². The monoisotopic (exact) mass is 299 g/mol. The van der Waals surface area contributed by atoms with Gasteiger partial charge in [-0.25, -0.2) is 4.68 Å². The fourth-order valence-corrected chi connectivity index (χ4v) is 3.07. The Labute approximate surface area is 129 Å². The van der Waals surface area contributed by atoms with E-state index in [4.69, 9.17) is 9.84 Å². The molecule has 0 bridgehead atoms. The highest BCUT2D eigenvalue weighted by Crippen LogP contribution is 2.30. The maximum absolute atomic E-state index is 5.46. The molecule has 0 saturated heterocycles. The first-order valence-electron chi connectivity index (χ1n) is 7.37. The molecule has 0 N–H and O–H groups in total. The Bertz CT molecular complexity index is 844. The standard InChI is InChI=1S/C16H21N5O/c1-9(2)14-10(3)18-21(11(14)4)13-7-12-8-20(5)19-15(12)17-16(13)22-6/h7-9H,1-6H3. The number of ether oxygens (including phenoxy) is 1. The van der Waals surface area contributed by atoms with Gasteiger partial charge in [0.15, 0.2) is 5.65 Å². The molecule has 6 heteroatoms. The van der Waals surface area contributed by atoms with Gasteiger partial charge in [0.05, 0.1) is 12.8 Å². The SMILES string of the molecule is COc1nc2nn(C)cc2cc1-n1nc(C)c(C(C)C)c1C. The number of rotatable bonds is 3. The molecule has 3 aromatic heterocycles. The molecule has 0 aliphatic carbocycles. The number of aryl methyl sites for hydroxylation is 2. The topological polar surface area (TPSA) is 57.8 Å². The molecular formula is C16H21N5O. The highest BCUT2D eigenvalue weighted by atomic mass is 16.5. The molecule has 0 fully saturated rings. The van der Waals surface area contributed by atoms with Crippen LogP contribution < -0.4 is 4.74 Å². The highest BCUT2D eigenvalue weighted by Gasteiger charge is 2.19. The van der Waals surface area contributed by atoms with Crippen LogP contribution in [-0.4, -0.2) is 31.7 Å². The van der Waals surface area contributed by atoms with E-state index in [0.29, 0.717) is 17.4 Å². The van der Waals surface area contributed by atoms with Crippen LogP contribution in [0.1, 0.15) is 36.7 Å². The van der Waals surface area contributed by atoms with Crippen molar-refractivity contribution in [1.29, 1.82) is 0 Å². The molecule has 3 heterocycles. The number of hydrogen-bond donors (Lipinski definition) is 0. The minimum absolute atomic E-state index is 0.426. The molecule has 0 aromatic carbocycles. The molecule has 0 radical (unpaired) electrons. The first kappa shape index (κ1) is 14.6. The summed E-state index contributed by atoms with van der Waals surface area (Å²) < 4.78 is 9.13. The number of pyridine rings is 1. The van der Waals surface area contributed by atoms with Crippen molar-refractivity contribution in [3.63, 3.8) is 0 Å². The van der Waals surface area contributed by atoms with Gasteiger partial charge in [-0.3, -0.25) is 4.68 Å². The van der Waals surface area contributed by atoms with Crippen molar-refractivity contribution in [1.82, 2.24) is 24.5 Å². The molecule has 0 saturated carbocycles. The van der Waals surface area contributed by atoms with Crippen molar-refractivity contribution in [2.24, 2.45) is 7.05 Å². The van der Waals surface area contributed by atoms with E-state index < -0.39 is 0 Å². The van der Waals surface area contributed by atoms with Crippen molar-refractivity contribution >= 4 is 11.0 Å². The molecule has 6 nitrogen and oxygen atoms in total. The maximum Gasteiger partial charge on any atom is 0.241 e. The summed E-state index contributed by atoms with van der Waals surface area (Å²) in [6.07, 6.45) is 1.94. The Kier molecular flexibility index (Phi) is 3.39. The number of fused-ring (bicyclic) bond motifs is 1. The summed E-state index contributed by atoms with van der Waals surface area (Å²) in [6.45, 7) is 8.49. The second kappa shape index (κ2) is 5.12. The van der Waals surface area contributed by atoms with E-state index in [9.17, 15) is 0 Å². The van der Waals surface area contributed by atoms with E-state index in [1.54, 1.807) is 11.8 Å². The summed E-state index contributed by atoms with van der Waals surface area (Å²) in [5.74, 6) is 0.960. The lowest BCUT2D eigenvalue weighted by atomic mass is 10.0. The number of nitrogens with zero attached hydrogens (tertiary/aromatic N) is 5. The lowest BCUT2D eigenvalue weighted by Gasteiger charge is -2.10. The molecule has 0 spiro atoms. The first-order chi connectivity index (χ1) is 10.4. The third kappa shape index (κ3) is 2.15. The third-order valence-electron chi connectivity index (χ3n) is 3.90. The van der Waals surface area contributed by atoms with E-state index in [1.165, 1.54) is 5.56 Å². The Balaban J connectivity index is 2.27. The van der Waals surface area contributed by atoms with Gasteiger partial charge >= 0.3 is 0 Å². The lowest BCUT2D eigenvalue weighted by molar-refractivity contribution is 0.396. The van der Waals surface area contributed by atoms with Gasteiger partial charge in [0.1, 0.15) is 5.69 Å². The maximum atomic E-state index is 5.46. The Morgan fingerprint density at radius 3 is 2.50 bits per heavy atom. The fraction of sp³-hybridized carbons (Fsp3) is 0.438. The van der Waals surface area contributed by atoms with Crippen LogP contribution in [0, 0.1) is 13.8 Å². The zero-order valence-electron chi connectivity index (χ0n) is 13.9. The molecule has 0 amide bonds. The van der Waals surface area contributed by atoms with Crippen molar-refractivity contribution in [2.45, 2.75) is 33.6 Å². The average Bonchev–Trinajstić information content (AvgIpc) is 2.95. The van der Waals surface area contributed by atoms with Gasteiger partial charge < -0.3 is 4.74 Å². The van der Waals surface area contributed by atoms with E-state index in [0.717, 1.165) is 22.5 Å². The highest BCUT2D eigenvalue weighted by molar-refractivity contribution is 5.78. The zero-order valence-corrected chi connectivity index (χ0v) is 13.9. The predicted octanol–water partition coefficient (Wildman–Crippen LogP) is 2.90. The van der Waals surface area contributed by atoms with Crippen LogP contribution in [0.3, 0.4) is 0 Å².